The molecule has 13 heavy (non-hydrogen) atoms. The molecule has 76 valence electrons. The zero-order valence-electron chi connectivity index (χ0n) is 8.44. The van der Waals surface area contributed by atoms with E-state index in [1.165, 1.54) is 12.8 Å². The Morgan fingerprint density at radius 2 is 1.85 bits per heavy atom. The molecule has 0 unspecified atom stereocenters. The topological polar surface area (TPSA) is 55.1 Å². The fourth-order valence-electron chi connectivity index (χ4n) is 2.18. The number of amides is 1. The molecule has 3 N–H and O–H groups in total. The molecule has 0 spiro atoms. The van der Waals surface area contributed by atoms with Crippen LogP contribution < -0.4 is 11.1 Å². The number of likely N-dealkylation sites (N-methyl/N-ethyl adjacent to an activating group) is 1. The summed E-state index contributed by atoms with van der Waals surface area (Å²) in [5.41, 5.74) is 5.06. The summed E-state index contributed by atoms with van der Waals surface area (Å²) in [6.45, 7) is 2.85. The van der Waals surface area contributed by atoms with Crippen LogP contribution in [0.2, 0.25) is 0 Å². The van der Waals surface area contributed by atoms with Gasteiger partial charge in [-0.15, -0.1) is 0 Å². The number of primary amides is 1. The van der Waals surface area contributed by atoms with Crippen LogP contribution in [0.3, 0.4) is 0 Å². The van der Waals surface area contributed by atoms with Crippen molar-refractivity contribution in [3.05, 3.63) is 0 Å². The van der Waals surface area contributed by atoms with Gasteiger partial charge in [0.2, 0.25) is 5.91 Å². The Morgan fingerprint density at radius 1 is 1.31 bits per heavy atom. The summed E-state index contributed by atoms with van der Waals surface area (Å²) in [5, 5.41) is 3.26. The van der Waals surface area contributed by atoms with E-state index in [-0.39, 0.29) is 5.91 Å². The predicted molar refractivity (Wildman–Crippen MR) is 53.3 cm³/mol. The minimum Gasteiger partial charge on any atom is -0.368 e. The second-order valence-corrected chi connectivity index (χ2v) is 3.89. The van der Waals surface area contributed by atoms with Gasteiger partial charge in [-0.05, 0) is 19.4 Å². The third-order valence-electron chi connectivity index (χ3n) is 2.94. The van der Waals surface area contributed by atoms with Crippen molar-refractivity contribution in [1.29, 1.82) is 0 Å². The molecule has 1 aliphatic carbocycles. The van der Waals surface area contributed by atoms with Gasteiger partial charge in [0.1, 0.15) is 0 Å². The van der Waals surface area contributed by atoms with Gasteiger partial charge in [-0.1, -0.05) is 32.6 Å². The highest BCUT2D eigenvalue weighted by Crippen LogP contribution is 2.26. The van der Waals surface area contributed by atoms with Crippen LogP contribution in [-0.4, -0.2) is 18.0 Å². The van der Waals surface area contributed by atoms with E-state index in [1.807, 2.05) is 6.92 Å². The third kappa shape index (κ3) is 2.44. The summed E-state index contributed by atoms with van der Waals surface area (Å²) in [5.74, 6) is -0.170. The standard InChI is InChI=1S/C10H20N2O/c1-2-12-10(9(11)13)7-5-3-4-6-8-10/h12H,2-8H2,1H3,(H2,11,13). The van der Waals surface area contributed by atoms with Crippen LogP contribution in [0, 0.1) is 0 Å². The molecule has 1 aliphatic rings. The number of rotatable bonds is 3. The highest BCUT2D eigenvalue weighted by atomic mass is 16.1. The van der Waals surface area contributed by atoms with Crippen molar-refractivity contribution in [2.24, 2.45) is 5.73 Å². The van der Waals surface area contributed by atoms with Gasteiger partial charge in [0.05, 0.1) is 5.54 Å². The van der Waals surface area contributed by atoms with Crippen LogP contribution in [0.1, 0.15) is 45.4 Å². The maximum atomic E-state index is 11.4. The Hall–Kier alpha value is -0.570. The van der Waals surface area contributed by atoms with Crippen LogP contribution in [0.15, 0.2) is 0 Å². The molecule has 0 aromatic carbocycles. The quantitative estimate of drug-likeness (QED) is 0.647. The van der Waals surface area contributed by atoms with E-state index in [4.69, 9.17) is 5.73 Å². The van der Waals surface area contributed by atoms with E-state index in [0.717, 1.165) is 32.2 Å². The maximum Gasteiger partial charge on any atom is 0.237 e. The first-order valence-corrected chi connectivity index (χ1v) is 5.26. The summed E-state index contributed by atoms with van der Waals surface area (Å²) in [7, 11) is 0. The molecule has 1 amide bonds. The molecular weight excluding hydrogens is 164 g/mol. The molecule has 1 fully saturated rings. The lowest BCUT2D eigenvalue weighted by atomic mass is 9.89. The Labute approximate surface area is 80.1 Å². The summed E-state index contributed by atoms with van der Waals surface area (Å²) < 4.78 is 0. The second kappa shape index (κ2) is 4.61. The van der Waals surface area contributed by atoms with E-state index in [2.05, 4.69) is 5.32 Å². The average molecular weight is 184 g/mol. The molecule has 3 heteroatoms. The minimum absolute atomic E-state index is 0.170. The SMILES string of the molecule is CCNC1(C(N)=O)CCCCCC1. The van der Waals surface area contributed by atoms with Gasteiger partial charge >= 0.3 is 0 Å². The molecule has 0 aromatic heterocycles. The molecule has 0 saturated heterocycles. The Kier molecular flexibility index (Phi) is 3.72. The van der Waals surface area contributed by atoms with Crippen molar-refractivity contribution in [2.45, 2.75) is 51.0 Å². The smallest absolute Gasteiger partial charge is 0.237 e. The molecule has 0 aliphatic heterocycles. The van der Waals surface area contributed by atoms with Crippen molar-refractivity contribution in [2.75, 3.05) is 6.54 Å². The number of hydrogen-bond donors (Lipinski definition) is 2. The van der Waals surface area contributed by atoms with Gasteiger partial charge in [-0.3, -0.25) is 4.79 Å². The lowest BCUT2D eigenvalue weighted by Gasteiger charge is -2.30. The van der Waals surface area contributed by atoms with Gasteiger partial charge in [-0.25, -0.2) is 0 Å². The van der Waals surface area contributed by atoms with Crippen LogP contribution in [0.4, 0.5) is 0 Å². The van der Waals surface area contributed by atoms with Gasteiger partial charge in [0, 0.05) is 0 Å². The van der Waals surface area contributed by atoms with E-state index >= 15 is 0 Å². The lowest BCUT2D eigenvalue weighted by molar-refractivity contribution is -0.125. The molecule has 0 atom stereocenters. The third-order valence-corrected chi connectivity index (χ3v) is 2.94. The molecular formula is C10H20N2O. The number of nitrogens with one attached hydrogen (secondary N) is 1. The molecule has 0 bridgehead atoms. The van der Waals surface area contributed by atoms with E-state index in [1.54, 1.807) is 0 Å². The fourth-order valence-corrected chi connectivity index (χ4v) is 2.18. The molecule has 1 rings (SSSR count). The maximum absolute atomic E-state index is 11.4. The van der Waals surface area contributed by atoms with Crippen molar-refractivity contribution in [1.82, 2.24) is 5.32 Å². The van der Waals surface area contributed by atoms with Gasteiger partial charge in [0.25, 0.3) is 0 Å². The number of carbonyl (C=O) groups is 1. The van der Waals surface area contributed by atoms with Crippen LogP contribution in [0.5, 0.6) is 0 Å². The first kappa shape index (κ1) is 10.5. The number of carbonyl (C=O) groups excluding carboxylic acids is 1. The van der Waals surface area contributed by atoms with E-state index in [9.17, 15) is 4.79 Å². The van der Waals surface area contributed by atoms with Gasteiger partial charge in [-0.2, -0.15) is 0 Å². The molecule has 1 saturated carbocycles. The Bertz CT molecular complexity index is 172. The summed E-state index contributed by atoms with van der Waals surface area (Å²) in [6.07, 6.45) is 6.54. The predicted octanol–water partition coefficient (Wildman–Crippen LogP) is 1.17. The van der Waals surface area contributed by atoms with Crippen molar-refractivity contribution in [3.63, 3.8) is 0 Å². The highest BCUT2D eigenvalue weighted by Gasteiger charge is 2.35. The van der Waals surface area contributed by atoms with Crippen molar-refractivity contribution < 1.29 is 4.79 Å². The summed E-state index contributed by atoms with van der Waals surface area (Å²) in [4.78, 5) is 11.4. The molecule has 0 heterocycles. The number of hydrogen-bond acceptors (Lipinski definition) is 2. The fraction of sp³-hybridized carbons (Fsp3) is 0.900. The van der Waals surface area contributed by atoms with Crippen molar-refractivity contribution >= 4 is 5.91 Å². The van der Waals surface area contributed by atoms with E-state index in [0.29, 0.717) is 0 Å². The van der Waals surface area contributed by atoms with Gasteiger partial charge in [0.15, 0.2) is 0 Å². The molecule has 3 nitrogen and oxygen atoms in total. The molecule has 0 radical (unpaired) electrons. The highest BCUT2D eigenvalue weighted by molar-refractivity contribution is 5.84. The summed E-state index contributed by atoms with van der Waals surface area (Å²) >= 11 is 0. The van der Waals surface area contributed by atoms with Crippen LogP contribution >= 0.6 is 0 Å². The Morgan fingerprint density at radius 3 is 2.23 bits per heavy atom. The molecule has 0 aromatic rings. The average Bonchev–Trinajstić information content (AvgIpc) is 2.31. The van der Waals surface area contributed by atoms with Gasteiger partial charge < -0.3 is 11.1 Å². The normalized spacial score (nSPS) is 22.2. The minimum atomic E-state index is -0.398. The Balaban J connectivity index is 2.67. The first-order chi connectivity index (χ1) is 6.21. The number of nitrogens with two attached hydrogens (primary N) is 1. The summed E-state index contributed by atoms with van der Waals surface area (Å²) in [6, 6.07) is 0. The zero-order chi connectivity index (χ0) is 9.73. The van der Waals surface area contributed by atoms with Crippen LogP contribution in [0.25, 0.3) is 0 Å². The van der Waals surface area contributed by atoms with Crippen molar-refractivity contribution in [3.8, 4) is 0 Å². The lowest BCUT2D eigenvalue weighted by Crippen LogP contribution is -2.55. The van der Waals surface area contributed by atoms with Crippen LogP contribution in [-0.2, 0) is 4.79 Å². The first-order valence-electron chi connectivity index (χ1n) is 5.26. The second-order valence-electron chi connectivity index (χ2n) is 3.89. The zero-order valence-corrected chi connectivity index (χ0v) is 8.44. The monoisotopic (exact) mass is 184 g/mol. The van der Waals surface area contributed by atoms with E-state index < -0.39 is 5.54 Å². The largest absolute Gasteiger partial charge is 0.368 e.